The van der Waals surface area contributed by atoms with Crippen LogP contribution in [0.15, 0.2) is 66.0 Å². The highest BCUT2D eigenvalue weighted by molar-refractivity contribution is 7.98. The van der Waals surface area contributed by atoms with E-state index in [1.807, 2.05) is 0 Å². The topological polar surface area (TPSA) is 130 Å². The van der Waals surface area contributed by atoms with Crippen LogP contribution in [0.4, 0.5) is 23.7 Å². The number of primary amides is 1. The predicted molar refractivity (Wildman–Crippen MR) is 150 cm³/mol. The summed E-state index contributed by atoms with van der Waals surface area (Å²) in [4.78, 5) is 47.4. The summed E-state index contributed by atoms with van der Waals surface area (Å²) in [5, 5.41) is 0.301. The molecule has 0 bridgehead atoms. The minimum atomic E-state index is -4.49. The van der Waals surface area contributed by atoms with E-state index in [2.05, 4.69) is 9.97 Å². The van der Waals surface area contributed by atoms with E-state index in [0.29, 0.717) is 33.1 Å². The maximum Gasteiger partial charge on any atom is 0.422 e. The smallest absolute Gasteiger partial charge is 0.422 e. The molecule has 220 valence electrons. The van der Waals surface area contributed by atoms with Gasteiger partial charge in [0.25, 0.3) is 0 Å². The molecule has 4 aromatic rings. The number of anilines is 1. The Hall–Kier alpha value is -4.59. The van der Waals surface area contributed by atoms with Crippen molar-refractivity contribution in [1.82, 2.24) is 14.5 Å². The van der Waals surface area contributed by atoms with Gasteiger partial charge in [-0.25, -0.2) is 14.3 Å². The molecular weight excluding hydrogens is 575 g/mol. The number of carbonyl (C=O) groups is 3. The van der Waals surface area contributed by atoms with Crippen molar-refractivity contribution in [3.05, 3.63) is 77.6 Å². The second kappa shape index (κ2) is 12.9. The predicted octanol–water partition coefficient (Wildman–Crippen LogP) is 5.11. The van der Waals surface area contributed by atoms with E-state index in [9.17, 15) is 27.6 Å². The maximum absolute atomic E-state index is 14.1. The molecule has 2 N–H and O–H groups in total. The van der Waals surface area contributed by atoms with Crippen molar-refractivity contribution in [3.8, 4) is 5.75 Å². The Morgan fingerprint density at radius 1 is 1.07 bits per heavy atom. The lowest BCUT2D eigenvalue weighted by Crippen LogP contribution is -2.38. The molecule has 0 atom stereocenters. The zero-order valence-corrected chi connectivity index (χ0v) is 23.4. The van der Waals surface area contributed by atoms with Crippen LogP contribution in [-0.2, 0) is 15.3 Å². The Morgan fingerprint density at radius 2 is 1.79 bits per heavy atom. The lowest BCUT2D eigenvalue weighted by Gasteiger charge is -2.24. The molecule has 10 nitrogen and oxygen atoms in total. The molecule has 0 fully saturated rings. The molecule has 42 heavy (non-hydrogen) atoms. The van der Waals surface area contributed by atoms with Gasteiger partial charge in [0.2, 0.25) is 5.91 Å². The first-order valence-electron chi connectivity index (χ1n) is 12.5. The number of hydrogen-bond acceptors (Lipinski definition) is 8. The Kier molecular flexibility index (Phi) is 9.35. The minimum absolute atomic E-state index is 0.00972. The summed E-state index contributed by atoms with van der Waals surface area (Å²) in [6.45, 7) is 1.32. The average molecular weight is 602 g/mol. The molecule has 0 unspecified atom stereocenters. The van der Waals surface area contributed by atoms with Crippen LogP contribution in [0.3, 0.4) is 0 Å². The molecule has 0 saturated heterocycles. The summed E-state index contributed by atoms with van der Waals surface area (Å²) in [5.74, 6) is -0.916. The number of ether oxygens (including phenoxy) is 2. The lowest BCUT2D eigenvalue weighted by molar-refractivity contribution is -0.153. The summed E-state index contributed by atoms with van der Waals surface area (Å²) in [6, 6.07) is 13.9. The average Bonchev–Trinajstić information content (AvgIpc) is 3.31. The van der Waals surface area contributed by atoms with Crippen LogP contribution in [0.2, 0.25) is 0 Å². The highest BCUT2D eigenvalue weighted by Gasteiger charge is 2.29. The van der Waals surface area contributed by atoms with Crippen molar-refractivity contribution >= 4 is 46.4 Å². The Balaban J connectivity index is 1.67. The molecule has 2 aromatic carbocycles. The molecular formula is C28H26F3N5O5S. The number of carbonyl (C=O) groups excluding carboxylic acids is 3. The van der Waals surface area contributed by atoms with Crippen molar-refractivity contribution in [2.75, 3.05) is 24.7 Å². The first kappa shape index (κ1) is 30.4. The normalized spacial score (nSPS) is 11.4. The Bertz CT molecular complexity index is 1610. The lowest BCUT2D eigenvalue weighted by atomic mass is 10.2. The van der Waals surface area contributed by atoms with Gasteiger partial charge in [-0.15, -0.1) is 0 Å². The number of rotatable bonds is 10. The van der Waals surface area contributed by atoms with Crippen molar-refractivity contribution in [2.24, 2.45) is 5.73 Å². The van der Waals surface area contributed by atoms with E-state index in [1.54, 1.807) is 43.3 Å². The van der Waals surface area contributed by atoms with Crippen LogP contribution in [0.1, 0.15) is 28.5 Å². The minimum Gasteiger partial charge on any atom is -0.484 e. The van der Waals surface area contributed by atoms with E-state index in [4.69, 9.17) is 15.2 Å². The zero-order valence-electron chi connectivity index (χ0n) is 22.6. The number of thioether (sulfide) groups is 1. The van der Waals surface area contributed by atoms with Gasteiger partial charge in [0.05, 0.1) is 23.3 Å². The standard InChI is InChI=1S/C28H26F3N5O5S/c1-17-22(33-12-11-24(17)41-16-28(29,30)31)15-42-26-34-21-5-3-4-6-23(21)36(26)27(39)35(13-14-40-18(2)37)20-9-7-19(8-10-20)25(32)38/h3-12H,13-16H2,1-2H3,(H2,32,38). The van der Waals surface area contributed by atoms with Crippen LogP contribution in [0.25, 0.3) is 11.0 Å². The number of pyridine rings is 1. The molecule has 4 rings (SSSR count). The Morgan fingerprint density at radius 3 is 2.45 bits per heavy atom. The summed E-state index contributed by atoms with van der Waals surface area (Å²) in [6.07, 6.45) is -3.13. The van der Waals surface area contributed by atoms with Gasteiger partial charge < -0.3 is 15.2 Å². The third kappa shape index (κ3) is 7.37. The first-order chi connectivity index (χ1) is 19.9. The number of para-hydroxylation sites is 2. The number of nitrogens with zero attached hydrogens (tertiary/aromatic N) is 4. The maximum atomic E-state index is 14.1. The number of benzene rings is 2. The summed E-state index contributed by atoms with van der Waals surface area (Å²) in [5.41, 5.74) is 7.94. The summed E-state index contributed by atoms with van der Waals surface area (Å²) >= 11 is 1.17. The third-order valence-corrected chi connectivity index (χ3v) is 6.97. The number of halogens is 3. The van der Waals surface area contributed by atoms with Gasteiger partial charge in [0.15, 0.2) is 11.8 Å². The van der Waals surface area contributed by atoms with E-state index in [0.717, 1.165) is 0 Å². The first-order valence-corrected chi connectivity index (χ1v) is 13.5. The van der Waals surface area contributed by atoms with Crippen molar-refractivity contribution in [1.29, 1.82) is 0 Å². The highest BCUT2D eigenvalue weighted by Crippen LogP contribution is 2.31. The fraction of sp³-hybridized carbons (Fsp3) is 0.250. The van der Waals surface area contributed by atoms with Gasteiger partial charge in [0.1, 0.15) is 12.4 Å². The molecule has 0 aliphatic carbocycles. The number of imidazole rings is 1. The van der Waals surface area contributed by atoms with Crippen LogP contribution in [-0.4, -0.2) is 58.4 Å². The van der Waals surface area contributed by atoms with Gasteiger partial charge in [-0.05, 0) is 49.4 Å². The molecule has 0 aliphatic heterocycles. The van der Waals surface area contributed by atoms with Crippen molar-refractivity contribution in [2.45, 2.75) is 30.9 Å². The number of amides is 2. The fourth-order valence-electron chi connectivity index (χ4n) is 3.98. The van der Waals surface area contributed by atoms with Gasteiger partial charge in [-0.2, -0.15) is 13.2 Å². The monoisotopic (exact) mass is 601 g/mol. The molecule has 2 amide bonds. The van der Waals surface area contributed by atoms with E-state index in [-0.39, 0.29) is 30.2 Å². The molecule has 14 heteroatoms. The summed E-state index contributed by atoms with van der Waals surface area (Å²) < 4.78 is 49.5. The van der Waals surface area contributed by atoms with Crippen LogP contribution < -0.4 is 15.4 Å². The van der Waals surface area contributed by atoms with E-state index in [1.165, 1.54) is 52.5 Å². The quantitative estimate of drug-likeness (QED) is 0.196. The highest BCUT2D eigenvalue weighted by atomic mass is 32.2. The second-order valence-corrected chi connectivity index (χ2v) is 9.92. The number of esters is 1. The fourth-order valence-corrected chi connectivity index (χ4v) is 5.01. The second-order valence-electron chi connectivity index (χ2n) is 8.98. The SMILES string of the molecule is CC(=O)OCCN(C(=O)n1c(SCc2nccc(OCC(F)(F)F)c2C)nc2ccccc21)c1ccc(C(N)=O)cc1. The van der Waals surface area contributed by atoms with Crippen molar-refractivity contribution in [3.63, 3.8) is 0 Å². The van der Waals surface area contributed by atoms with Crippen LogP contribution in [0, 0.1) is 6.92 Å². The molecule has 2 aromatic heterocycles. The van der Waals surface area contributed by atoms with Crippen LogP contribution in [0.5, 0.6) is 5.75 Å². The Labute approximate surface area is 242 Å². The summed E-state index contributed by atoms with van der Waals surface area (Å²) in [7, 11) is 0. The van der Waals surface area contributed by atoms with Crippen molar-refractivity contribution < 1.29 is 37.0 Å². The van der Waals surface area contributed by atoms with E-state index < -0.39 is 30.7 Å². The molecule has 0 radical (unpaired) electrons. The van der Waals surface area contributed by atoms with Crippen LogP contribution >= 0.6 is 11.8 Å². The molecule has 0 spiro atoms. The third-order valence-electron chi connectivity index (χ3n) is 6.02. The van der Waals surface area contributed by atoms with Gasteiger partial charge in [0, 0.05) is 35.7 Å². The number of aromatic nitrogens is 3. The molecule has 2 heterocycles. The number of nitrogens with two attached hydrogens (primary N) is 1. The number of fused-ring (bicyclic) bond motifs is 1. The number of hydrogen-bond donors (Lipinski definition) is 1. The van der Waals surface area contributed by atoms with Gasteiger partial charge >= 0.3 is 18.2 Å². The van der Waals surface area contributed by atoms with E-state index >= 15 is 0 Å². The zero-order chi connectivity index (χ0) is 30.4. The molecule has 0 saturated carbocycles. The largest absolute Gasteiger partial charge is 0.484 e. The molecule has 0 aliphatic rings. The van der Waals surface area contributed by atoms with Gasteiger partial charge in [-0.3, -0.25) is 19.5 Å². The number of alkyl halides is 3. The van der Waals surface area contributed by atoms with Gasteiger partial charge in [-0.1, -0.05) is 23.9 Å².